The normalized spacial score (nSPS) is 11.7. The minimum atomic E-state index is -0.417. The largest absolute Gasteiger partial charge is 0.332 e. The van der Waals surface area contributed by atoms with Crippen molar-refractivity contribution in [2.45, 2.75) is 13.5 Å². The summed E-state index contributed by atoms with van der Waals surface area (Å²) < 4.78 is 19.2. The second-order valence-electron chi connectivity index (χ2n) is 6.14. The number of aryl methyl sites for hydroxylation is 2. The van der Waals surface area contributed by atoms with E-state index in [-0.39, 0.29) is 11.4 Å². The van der Waals surface area contributed by atoms with Gasteiger partial charge in [0.1, 0.15) is 5.82 Å². The van der Waals surface area contributed by atoms with Crippen molar-refractivity contribution in [2.75, 3.05) is 0 Å². The Balaban J connectivity index is 2.00. The van der Waals surface area contributed by atoms with E-state index < -0.39 is 5.69 Å². The third-order valence-corrected chi connectivity index (χ3v) is 4.51. The predicted molar refractivity (Wildman–Crippen MR) is 91.4 cm³/mol. The number of aromatic nitrogens is 5. The van der Waals surface area contributed by atoms with Gasteiger partial charge in [0.05, 0.1) is 6.54 Å². The maximum Gasteiger partial charge on any atom is 0.332 e. The molecule has 1 aromatic carbocycles. The summed E-state index contributed by atoms with van der Waals surface area (Å²) in [5.74, 6) is 0.276. The summed E-state index contributed by atoms with van der Waals surface area (Å²) >= 11 is 0. The molecule has 0 saturated heterocycles. The molecule has 0 fully saturated rings. The van der Waals surface area contributed by atoms with Gasteiger partial charge in [-0.15, -0.1) is 0 Å². The van der Waals surface area contributed by atoms with Gasteiger partial charge in [-0.3, -0.25) is 18.3 Å². The molecule has 8 heteroatoms. The number of rotatable bonds is 2. The molecule has 3 heterocycles. The lowest BCUT2D eigenvalue weighted by Crippen LogP contribution is -2.37. The van der Waals surface area contributed by atoms with Crippen molar-refractivity contribution in [3.63, 3.8) is 0 Å². The van der Waals surface area contributed by atoms with Crippen LogP contribution in [0.5, 0.6) is 0 Å². The Kier molecular flexibility index (Phi) is 3.18. The van der Waals surface area contributed by atoms with Gasteiger partial charge in [-0.1, -0.05) is 12.1 Å². The molecule has 0 atom stereocenters. The highest BCUT2D eigenvalue weighted by Gasteiger charge is 2.18. The SMILES string of the molecule is Cc1cn2c3c(=O)n(C)c(=O)n(C)c3nc2n1Cc1ccc(F)cc1. The topological polar surface area (TPSA) is 66.2 Å². The molecule has 0 amide bonds. The molecule has 3 aromatic heterocycles. The fraction of sp³-hybridized carbons (Fsp3) is 0.235. The van der Waals surface area contributed by atoms with Crippen molar-refractivity contribution in [2.24, 2.45) is 14.1 Å². The molecule has 7 nitrogen and oxygen atoms in total. The van der Waals surface area contributed by atoms with Crippen molar-refractivity contribution in [1.29, 1.82) is 0 Å². The van der Waals surface area contributed by atoms with Gasteiger partial charge in [-0.05, 0) is 24.6 Å². The van der Waals surface area contributed by atoms with Gasteiger partial charge in [-0.2, -0.15) is 4.98 Å². The standard InChI is InChI=1S/C17H16FN5O2/c1-10-8-23-13-14(20(2)17(25)21(3)15(13)24)19-16(23)22(10)9-11-4-6-12(18)7-5-11/h4-8H,9H2,1-3H3. The smallest absolute Gasteiger partial charge is 0.310 e. The number of halogens is 1. The second-order valence-corrected chi connectivity index (χ2v) is 6.14. The number of hydrogen-bond donors (Lipinski definition) is 0. The van der Waals surface area contributed by atoms with E-state index in [0.717, 1.165) is 15.8 Å². The van der Waals surface area contributed by atoms with Crippen LogP contribution in [0.3, 0.4) is 0 Å². The zero-order chi connectivity index (χ0) is 17.9. The average molecular weight is 341 g/mol. The number of imidazole rings is 2. The van der Waals surface area contributed by atoms with Crippen LogP contribution < -0.4 is 11.2 Å². The molecule has 0 aliphatic carbocycles. The summed E-state index contributed by atoms with van der Waals surface area (Å²) in [6.45, 7) is 2.40. The average Bonchev–Trinajstić information content (AvgIpc) is 3.09. The van der Waals surface area contributed by atoms with Crippen molar-refractivity contribution in [1.82, 2.24) is 23.1 Å². The van der Waals surface area contributed by atoms with Gasteiger partial charge >= 0.3 is 5.69 Å². The Morgan fingerprint density at radius 3 is 2.44 bits per heavy atom. The maximum atomic E-state index is 13.1. The Morgan fingerprint density at radius 2 is 1.76 bits per heavy atom. The minimum Gasteiger partial charge on any atom is -0.310 e. The Bertz CT molecular complexity index is 1240. The molecule has 0 radical (unpaired) electrons. The molecule has 0 saturated carbocycles. The number of hydrogen-bond acceptors (Lipinski definition) is 3. The molecule has 4 rings (SSSR count). The molecule has 0 unspecified atom stereocenters. The van der Waals surface area contributed by atoms with Crippen molar-refractivity contribution in [3.05, 3.63) is 68.4 Å². The van der Waals surface area contributed by atoms with Gasteiger partial charge in [0.2, 0.25) is 5.78 Å². The summed E-state index contributed by atoms with van der Waals surface area (Å²) in [7, 11) is 3.04. The molecular weight excluding hydrogens is 325 g/mol. The van der Waals surface area contributed by atoms with Crippen LogP contribution in [0.15, 0.2) is 40.1 Å². The third-order valence-electron chi connectivity index (χ3n) is 4.51. The fourth-order valence-electron chi connectivity index (χ4n) is 3.10. The molecule has 0 spiro atoms. The fourth-order valence-corrected chi connectivity index (χ4v) is 3.10. The zero-order valence-electron chi connectivity index (χ0n) is 14.0. The maximum absolute atomic E-state index is 13.1. The summed E-state index contributed by atoms with van der Waals surface area (Å²) in [5, 5.41) is 0. The summed E-state index contributed by atoms with van der Waals surface area (Å²) in [6, 6.07) is 6.24. The molecule has 4 aromatic rings. The van der Waals surface area contributed by atoms with E-state index in [4.69, 9.17) is 0 Å². The molecule has 0 bridgehead atoms. The highest BCUT2D eigenvalue weighted by molar-refractivity contribution is 5.75. The van der Waals surface area contributed by atoms with Crippen molar-refractivity contribution < 1.29 is 4.39 Å². The molecule has 0 N–H and O–H groups in total. The van der Waals surface area contributed by atoms with Crippen LogP contribution in [0.1, 0.15) is 11.3 Å². The van der Waals surface area contributed by atoms with E-state index in [1.165, 1.54) is 23.7 Å². The number of benzene rings is 1. The number of nitrogens with zero attached hydrogens (tertiary/aromatic N) is 5. The van der Waals surface area contributed by atoms with Crippen molar-refractivity contribution >= 4 is 16.9 Å². The van der Waals surface area contributed by atoms with Gasteiger partial charge in [0, 0.05) is 26.0 Å². The first kappa shape index (κ1) is 15.4. The summed E-state index contributed by atoms with van der Waals surface area (Å²) in [5.41, 5.74) is 1.72. The van der Waals surface area contributed by atoms with Crippen LogP contribution in [-0.4, -0.2) is 23.1 Å². The summed E-state index contributed by atoms with van der Waals surface area (Å²) in [6.07, 6.45) is 1.82. The first-order chi connectivity index (χ1) is 11.9. The second kappa shape index (κ2) is 5.17. The van der Waals surface area contributed by atoms with Crippen LogP contribution in [0.2, 0.25) is 0 Å². The molecule has 0 aliphatic rings. The van der Waals surface area contributed by atoms with Crippen molar-refractivity contribution in [3.8, 4) is 0 Å². The van der Waals surface area contributed by atoms with E-state index >= 15 is 0 Å². The monoisotopic (exact) mass is 341 g/mol. The number of fused-ring (bicyclic) bond motifs is 3. The predicted octanol–water partition coefficient (Wildman–Crippen LogP) is 1.18. The lowest BCUT2D eigenvalue weighted by atomic mass is 10.2. The molecule has 25 heavy (non-hydrogen) atoms. The quantitative estimate of drug-likeness (QED) is 0.550. The van der Waals surface area contributed by atoms with Gasteiger partial charge in [0.25, 0.3) is 5.56 Å². The van der Waals surface area contributed by atoms with Crippen LogP contribution in [-0.2, 0) is 20.6 Å². The zero-order valence-corrected chi connectivity index (χ0v) is 14.0. The van der Waals surface area contributed by atoms with E-state index in [0.29, 0.717) is 23.5 Å². The minimum absolute atomic E-state index is 0.289. The van der Waals surface area contributed by atoms with Gasteiger partial charge in [-0.25, -0.2) is 9.18 Å². The van der Waals surface area contributed by atoms with Gasteiger partial charge in [0.15, 0.2) is 11.2 Å². The van der Waals surface area contributed by atoms with E-state index in [2.05, 4.69) is 4.98 Å². The van der Waals surface area contributed by atoms with Crippen LogP contribution in [0, 0.1) is 12.7 Å². The van der Waals surface area contributed by atoms with Crippen LogP contribution in [0.4, 0.5) is 4.39 Å². The molecule has 0 aliphatic heterocycles. The highest BCUT2D eigenvalue weighted by Crippen LogP contribution is 2.17. The van der Waals surface area contributed by atoms with Crippen LogP contribution in [0.25, 0.3) is 16.9 Å². The van der Waals surface area contributed by atoms with E-state index in [1.807, 2.05) is 17.7 Å². The first-order valence-corrected chi connectivity index (χ1v) is 7.77. The molecule has 128 valence electrons. The highest BCUT2D eigenvalue weighted by atomic mass is 19.1. The summed E-state index contributed by atoms with van der Waals surface area (Å²) in [4.78, 5) is 29.2. The van der Waals surface area contributed by atoms with Gasteiger partial charge < -0.3 is 4.57 Å². The van der Waals surface area contributed by atoms with E-state index in [1.54, 1.807) is 23.6 Å². The lowest BCUT2D eigenvalue weighted by molar-refractivity contribution is 0.626. The lowest BCUT2D eigenvalue weighted by Gasteiger charge is -2.06. The van der Waals surface area contributed by atoms with E-state index in [9.17, 15) is 14.0 Å². The Hall–Kier alpha value is -3.16. The van der Waals surface area contributed by atoms with Crippen LogP contribution >= 0.6 is 0 Å². The first-order valence-electron chi connectivity index (χ1n) is 7.77. The Morgan fingerprint density at radius 1 is 1.08 bits per heavy atom. The molecular formula is C17H16FN5O2. The third kappa shape index (κ3) is 2.14. The Labute approximate surface area is 141 Å².